The fourth-order valence-electron chi connectivity index (χ4n) is 3.49. The highest BCUT2D eigenvalue weighted by molar-refractivity contribution is 6.22. The average molecular weight is 450 g/mol. The number of carbonyl (C=O) groups is 5. The predicted molar refractivity (Wildman–Crippen MR) is 122 cm³/mol. The van der Waals surface area contributed by atoms with Crippen molar-refractivity contribution in [2.75, 3.05) is 18.4 Å². The SMILES string of the molecule is CC(=O)Nc1cccc(C(=O)NCCNC(=O)c2ccc3c(c2)C(=O)N(C(C)(C)C)C3=O)c1. The van der Waals surface area contributed by atoms with Gasteiger partial charge in [0, 0.05) is 42.4 Å². The molecule has 0 atom stereocenters. The van der Waals surface area contributed by atoms with Crippen molar-refractivity contribution < 1.29 is 24.0 Å². The van der Waals surface area contributed by atoms with Gasteiger partial charge in [0.2, 0.25) is 5.91 Å². The molecule has 0 radical (unpaired) electrons. The van der Waals surface area contributed by atoms with Gasteiger partial charge in [-0.2, -0.15) is 0 Å². The lowest BCUT2D eigenvalue weighted by Crippen LogP contribution is -2.45. The molecular formula is C24H26N4O5. The van der Waals surface area contributed by atoms with Crippen LogP contribution in [0.15, 0.2) is 42.5 Å². The molecule has 0 bridgehead atoms. The second kappa shape index (κ2) is 9.23. The number of hydrogen-bond donors (Lipinski definition) is 3. The summed E-state index contributed by atoms with van der Waals surface area (Å²) in [7, 11) is 0. The number of amides is 5. The summed E-state index contributed by atoms with van der Waals surface area (Å²) in [5, 5.41) is 7.98. The Morgan fingerprint density at radius 2 is 1.39 bits per heavy atom. The Morgan fingerprint density at radius 1 is 0.818 bits per heavy atom. The van der Waals surface area contributed by atoms with E-state index in [0.717, 1.165) is 0 Å². The summed E-state index contributed by atoms with van der Waals surface area (Å²) in [5.74, 6) is -1.81. The fraction of sp³-hybridized carbons (Fsp3) is 0.292. The zero-order valence-electron chi connectivity index (χ0n) is 18.9. The Morgan fingerprint density at radius 3 is 1.97 bits per heavy atom. The van der Waals surface area contributed by atoms with Crippen LogP contribution in [0.3, 0.4) is 0 Å². The van der Waals surface area contributed by atoms with E-state index in [-0.39, 0.29) is 47.5 Å². The molecule has 0 aliphatic carbocycles. The van der Waals surface area contributed by atoms with Crippen molar-refractivity contribution in [2.24, 2.45) is 0 Å². The largest absolute Gasteiger partial charge is 0.350 e. The van der Waals surface area contributed by atoms with Crippen LogP contribution in [-0.2, 0) is 4.79 Å². The highest BCUT2D eigenvalue weighted by atomic mass is 16.2. The van der Waals surface area contributed by atoms with Gasteiger partial charge >= 0.3 is 0 Å². The Kier molecular flexibility index (Phi) is 6.62. The number of nitrogens with one attached hydrogen (secondary N) is 3. The molecule has 1 heterocycles. The minimum Gasteiger partial charge on any atom is -0.350 e. The Bertz CT molecular complexity index is 1150. The van der Waals surface area contributed by atoms with E-state index in [1.54, 1.807) is 45.0 Å². The van der Waals surface area contributed by atoms with Crippen molar-refractivity contribution in [1.29, 1.82) is 0 Å². The Labute approximate surface area is 191 Å². The van der Waals surface area contributed by atoms with Gasteiger partial charge < -0.3 is 16.0 Å². The molecule has 0 aromatic heterocycles. The molecule has 9 nitrogen and oxygen atoms in total. The van der Waals surface area contributed by atoms with Crippen molar-refractivity contribution >= 4 is 35.2 Å². The van der Waals surface area contributed by atoms with E-state index in [0.29, 0.717) is 11.3 Å². The first kappa shape index (κ1) is 23.6. The lowest BCUT2D eigenvalue weighted by atomic mass is 10.1. The molecule has 5 amide bonds. The second-order valence-corrected chi connectivity index (χ2v) is 8.65. The van der Waals surface area contributed by atoms with Gasteiger partial charge in [0.15, 0.2) is 0 Å². The van der Waals surface area contributed by atoms with Gasteiger partial charge in [-0.1, -0.05) is 6.07 Å². The molecule has 33 heavy (non-hydrogen) atoms. The first-order valence-corrected chi connectivity index (χ1v) is 10.5. The van der Waals surface area contributed by atoms with E-state index < -0.39 is 17.4 Å². The van der Waals surface area contributed by atoms with Crippen LogP contribution < -0.4 is 16.0 Å². The van der Waals surface area contributed by atoms with Crippen LogP contribution in [0.4, 0.5) is 5.69 Å². The highest BCUT2D eigenvalue weighted by Gasteiger charge is 2.42. The predicted octanol–water partition coefficient (Wildman–Crippen LogP) is 2.20. The molecule has 3 rings (SSSR count). The van der Waals surface area contributed by atoms with Crippen molar-refractivity contribution in [3.63, 3.8) is 0 Å². The van der Waals surface area contributed by atoms with Crippen LogP contribution in [0.1, 0.15) is 69.1 Å². The van der Waals surface area contributed by atoms with E-state index in [1.165, 1.54) is 30.0 Å². The summed E-state index contributed by atoms with van der Waals surface area (Å²) in [6.07, 6.45) is 0. The highest BCUT2D eigenvalue weighted by Crippen LogP contribution is 2.29. The third-order valence-corrected chi connectivity index (χ3v) is 4.96. The average Bonchev–Trinajstić information content (AvgIpc) is 3.00. The lowest BCUT2D eigenvalue weighted by molar-refractivity contribution is -0.114. The number of carbonyl (C=O) groups excluding carboxylic acids is 5. The van der Waals surface area contributed by atoms with Crippen LogP contribution in [0, 0.1) is 0 Å². The number of benzene rings is 2. The number of rotatable bonds is 6. The van der Waals surface area contributed by atoms with Crippen molar-refractivity contribution in [3.8, 4) is 0 Å². The van der Waals surface area contributed by atoms with Gasteiger partial charge in [0.1, 0.15) is 0 Å². The molecule has 0 fully saturated rings. The van der Waals surface area contributed by atoms with E-state index >= 15 is 0 Å². The number of nitrogens with zero attached hydrogens (tertiary/aromatic N) is 1. The summed E-state index contributed by atoms with van der Waals surface area (Å²) in [6, 6.07) is 10.9. The fourth-order valence-corrected chi connectivity index (χ4v) is 3.49. The molecule has 0 saturated carbocycles. The smallest absolute Gasteiger partial charge is 0.262 e. The Balaban J connectivity index is 1.56. The summed E-state index contributed by atoms with van der Waals surface area (Å²) in [4.78, 5) is 62.4. The first-order chi connectivity index (χ1) is 15.5. The maximum Gasteiger partial charge on any atom is 0.262 e. The summed E-state index contributed by atoms with van der Waals surface area (Å²) >= 11 is 0. The summed E-state index contributed by atoms with van der Waals surface area (Å²) in [5.41, 5.74) is 0.946. The summed E-state index contributed by atoms with van der Waals surface area (Å²) in [6.45, 7) is 7.03. The molecule has 1 aliphatic rings. The van der Waals surface area contributed by atoms with Crippen LogP contribution in [0.25, 0.3) is 0 Å². The molecular weight excluding hydrogens is 424 g/mol. The van der Waals surface area contributed by atoms with Gasteiger partial charge in [-0.05, 0) is 57.2 Å². The lowest BCUT2D eigenvalue weighted by Gasteiger charge is -2.29. The number of hydrogen-bond acceptors (Lipinski definition) is 5. The maximum absolute atomic E-state index is 12.7. The van der Waals surface area contributed by atoms with Gasteiger partial charge in [0.05, 0.1) is 11.1 Å². The molecule has 172 valence electrons. The minimum absolute atomic E-state index is 0.161. The monoisotopic (exact) mass is 450 g/mol. The molecule has 0 spiro atoms. The molecule has 3 N–H and O–H groups in total. The molecule has 2 aromatic rings. The minimum atomic E-state index is -0.671. The second-order valence-electron chi connectivity index (χ2n) is 8.65. The van der Waals surface area contributed by atoms with E-state index in [9.17, 15) is 24.0 Å². The summed E-state index contributed by atoms with van der Waals surface area (Å²) < 4.78 is 0. The van der Waals surface area contributed by atoms with Crippen molar-refractivity contribution in [1.82, 2.24) is 15.5 Å². The third-order valence-electron chi connectivity index (χ3n) is 4.96. The van der Waals surface area contributed by atoms with Gasteiger partial charge in [0.25, 0.3) is 23.6 Å². The van der Waals surface area contributed by atoms with Crippen LogP contribution >= 0.6 is 0 Å². The number of fused-ring (bicyclic) bond motifs is 1. The molecule has 2 aromatic carbocycles. The van der Waals surface area contributed by atoms with Crippen molar-refractivity contribution in [3.05, 3.63) is 64.7 Å². The van der Waals surface area contributed by atoms with E-state index in [1.807, 2.05) is 0 Å². The number of anilines is 1. The molecule has 0 unspecified atom stereocenters. The molecule has 0 saturated heterocycles. The van der Waals surface area contributed by atoms with Crippen LogP contribution in [0.2, 0.25) is 0 Å². The van der Waals surface area contributed by atoms with Crippen LogP contribution in [-0.4, -0.2) is 53.1 Å². The number of imide groups is 1. The van der Waals surface area contributed by atoms with Crippen LogP contribution in [0.5, 0.6) is 0 Å². The normalized spacial score (nSPS) is 12.9. The van der Waals surface area contributed by atoms with Gasteiger partial charge in [-0.3, -0.25) is 28.9 Å². The quantitative estimate of drug-likeness (QED) is 0.460. The maximum atomic E-state index is 12.7. The standard InChI is InChI=1S/C24H26N4O5/c1-14(29)27-17-7-5-6-15(12-17)20(30)25-10-11-26-21(31)16-8-9-18-19(13-16)23(33)28(22(18)32)24(2,3)4/h5-9,12-13H,10-11H2,1-4H3,(H,25,30)(H,26,31)(H,27,29). The van der Waals surface area contributed by atoms with Gasteiger partial charge in [-0.25, -0.2) is 0 Å². The first-order valence-electron chi connectivity index (χ1n) is 10.5. The third kappa shape index (κ3) is 5.25. The van der Waals surface area contributed by atoms with E-state index in [2.05, 4.69) is 16.0 Å². The zero-order valence-corrected chi connectivity index (χ0v) is 18.9. The molecule has 9 heteroatoms. The Hall–Kier alpha value is -4.01. The van der Waals surface area contributed by atoms with E-state index in [4.69, 9.17) is 0 Å². The van der Waals surface area contributed by atoms with Crippen molar-refractivity contribution in [2.45, 2.75) is 33.2 Å². The zero-order chi connectivity index (χ0) is 24.3. The topological polar surface area (TPSA) is 125 Å². The molecule has 1 aliphatic heterocycles. The van der Waals surface area contributed by atoms with Gasteiger partial charge in [-0.15, -0.1) is 0 Å².